The van der Waals surface area contributed by atoms with Crippen molar-refractivity contribution in [2.24, 2.45) is 0 Å². The van der Waals surface area contributed by atoms with Crippen LogP contribution in [0.2, 0.25) is 0 Å². The largest absolute Gasteiger partial charge is 0.401 e. The van der Waals surface area contributed by atoms with Crippen LogP contribution in [0.4, 0.5) is 19.0 Å². The Hall–Kier alpha value is -2.73. The number of aromatic amines is 1. The summed E-state index contributed by atoms with van der Waals surface area (Å²) in [7, 11) is 0. The van der Waals surface area contributed by atoms with Gasteiger partial charge in [-0.15, -0.1) is 11.3 Å². The number of ether oxygens (including phenoxy) is 1. The van der Waals surface area contributed by atoms with E-state index in [0.717, 1.165) is 50.5 Å². The molecule has 7 nitrogen and oxygen atoms in total. The number of benzene rings is 1. The van der Waals surface area contributed by atoms with Crippen molar-refractivity contribution in [3.8, 4) is 11.4 Å². The quantitative estimate of drug-likeness (QED) is 0.426. The molecule has 0 unspecified atom stereocenters. The molecule has 0 aliphatic carbocycles. The van der Waals surface area contributed by atoms with Gasteiger partial charge < -0.3 is 14.6 Å². The van der Waals surface area contributed by atoms with Crippen LogP contribution in [0.5, 0.6) is 0 Å². The summed E-state index contributed by atoms with van der Waals surface area (Å²) >= 11 is 1.68. The molecule has 3 aromatic heterocycles. The number of halogens is 3. The number of anilines is 1. The minimum absolute atomic E-state index is 0.425. The summed E-state index contributed by atoms with van der Waals surface area (Å²) in [6.45, 7) is 4.82. The molecule has 4 aromatic rings. The summed E-state index contributed by atoms with van der Waals surface area (Å²) in [5, 5.41) is 1.08. The molecule has 5 heterocycles. The van der Waals surface area contributed by atoms with Crippen LogP contribution in [-0.2, 0) is 11.3 Å². The lowest BCUT2D eigenvalue weighted by atomic mass is 10.1. The highest BCUT2D eigenvalue weighted by Gasteiger charge is 2.32. The molecule has 2 fully saturated rings. The van der Waals surface area contributed by atoms with Gasteiger partial charge in [0.15, 0.2) is 11.6 Å². The first-order valence-corrected chi connectivity index (χ1v) is 13.0. The van der Waals surface area contributed by atoms with E-state index in [1.165, 1.54) is 4.90 Å². The van der Waals surface area contributed by atoms with E-state index < -0.39 is 12.7 Å². The van der Waals surface area contributed by atoms with Gasteiger partial charge in [-0.2, -0.15) is 13.2 Å². The summed E-state index contributed by atoms with van der Waals surface area (Å²) in [6, 6.07) is 10.3. The molecule has 1 N–H and O–H groups in total. The second-order valence-corrected chi connectivity index (χ2v) is 10.4. The van der Waals surface area contributed by atoms with Crippen LogP contribution in [0, 0.1) is 0 Å². The number of nitrogens with zero attached hydrogens (tertiary/aromatic N) is 5. The molecule has 0 saturated carbocycles. The van der Waals surface area contributed by atoms with E-state index in [-0.39, 0.29) is 0 Å². The molecule has 36 heavy (non-hydrogen) atoms. The smallest absolute Gasteiger partial charge is 0.378 e. The average molecular weight is 517 g/mol. The van der Waals surface area contributed by atoms with Crippen molar-refractivity contribution >= 4 is 38.3 Å². The maximum atomic E-state index is 12.7. The van der Waals surface area contributed by atoms with Crippen LogP contribution in [0.15, 0.2) is 36.5 Å². The SMILES string of the molecule is FC(F)(F)CN1CCN(Cc2cc3nc(-c4cccc5[nH]ccc45)nc(N4CCOCC4)c3s2)CC1. The fourth-order valence-electron chi connectivity index (χ4n) is 5.01. The van der Waals surface area contributed by atoms with Gasteiger partial charge in [-0.1, -0.05) is 12.1 Å². The van der Waals surface area contributed by atoms with Crippen molar-refractivity contribution in [3.63, 3.8) is 0 Å². The summed E-state index contributed by atoms with van der Waals surface area (Å²) < 4.78 is 44.8. The zero-order valence-corrected chi connectivity index (χ0v) is 20.5. The molecule has 2 aliphatic heterocycles. The fourth-order valence-corrected chi connectivity index (χ4v) is 6.17. The van der Waals surface area contributed by atoms with Crippen molar-refractivity contribution in [1.29, 1.82) is 0 Å². The van der Waals surface area contributed by atoms with E-state index in [1.807, 2.05) is 30.5 Å². The summed E-state index contributed by atoms with van der Waals surface area (Å²) in [5.74, 6) is 1.62. The van der Waals surface area contributed by atoms with Gasteiger partial charge in [0, 0.05) is 73.4 Å². The van der Waals surface area contributed by atoms with Crippen molar-refractivity contribution in [2.75, 3.05) is 63.9 Å². The number of aromatic nitrogens is 3. The van der Waals surface area contributed by atoms with Gasteiger partial charge in [0.2, 0.25) is 0 Å². The second kappa shape index (κ2) is 9.62. The number of alkyl halides is 3. The van der Waals surface area contributed by atoms with Crippen LogP contribution in [0.3, 0.4) is 0 Å². The Morgan fingerprint density at radius 3 is 2.53 bits per heavy atom. The van der Waals surface area contributed by atoms with E-state index in [1.54, 1.807) is 11.3 Å². The number of H-pyrrole nitrogens is 1. The standard InChI is InChI=1S/C25H27F3N6OS/c26-25(27,28)16-33-8-6-32(7-9-33)15-17-14-21-22(36-17)24(34-10-12-35-13-11-34)31-23(30-21)19-2-1-3-20-18(19)4-5-29-20/h1-5,14,29H,6-13,15-16H2. The molecular formula is C25H27F3N6OS. The number of piperazine rings is 1. The van der Waals surface area contributed by atoms with Crippen molar-refractivity contribution in [1.82, 2.24) is 24.8 Å². The Morgan fingerprint density at radius 1 is 0.972 bits per heavy atom. The van der Waals surface area contributed by atoms with Gasteiger partial charge in [0.1, 0.15) is 0 Å². The third-order valence-electron chi connectivity index (χ3n) is 6.80. The first-order valence-electron chi connectivity index (χ1n) is 12.1. The Morgan fingerprint density at radius 2 is 1.75 bits per heavy atom. The molecule has 2 saturated heterocycles. The molecule has 0 radical (unpaired) electrons. The number of morpholine rings is 1. The molecule has 0 bridgehead atoms. The lowest BCUT2D eigenvalue weighted by Crippen LogP contribution is -2.48. The van der Waals surface area contributed by atoms with Gasteiger partial charge in [0.25, 0.3) is 0 Å². The van der Waals surface area contributed by atoms with Crippen LogP contribution in [0.1, 0.15) is 4.88 Å². The first-order chi connectivity index (χ1) is 17.4. The van der Waals surface area contributed by atoms with Crippen LogP contribution < -0.4 is 4.90 Å². The number of hydrogen-bond acceptors (Lipinski definition) is 7. The molecule has 1 aromatic carbocycles. The lowest BCUT2D eigenvalue weighted by Gasteiger charge is -2.34. The van der Waals surface area contributed by atoms with Crippen molar-refractivity contribution in [3.05, 3.63) is 41.4 Å². The number of thiophene rings is 1. The van der Waals surface area contributed by atoms with E-state index >= 15 is 0 Å². The molecule has 0 spiro atoms. The Bertz CT molecular complexity index is 1360. The van der Waals surface area contributed by atoms with Gasteiger partial charge in [0.05, 0.1) is 30.0 Å². The van der Waals surface area contributed by atoms with Crippen LogP contribution in [0.25, 0.3) is 32.5 Å². The number of hydrogen-bond donors (Lipinski definition) is 1. The molecule has 0 atom stereocenters. The Kier molecular flexibility index (Phi) is 6.32. The minimum Gasteiger partial charge on any atom is -0.378 e. The van der Waals surface area contributed by atoms with Crippen molar-refractivity contribution in [2.45, 2.75) is 12.7 Å². The molecule has 190 valence electrons. The van der Waals surface area contributed by atoms with Gasteiger partial charge >= 0.3 is 6.18 Å². The lowest BCUT2D eigenvalue weighted by molar-refractivity contribution is -0.149. The average Bonchev–Trinajstić information content (AvgIpc) is 3.51. The maximum Gasteiger partial charge on any atom is 0.401 e. The maximum absolute atomic E-state index is 12.7. The highest BCUT2D eigenvalue weighted by Crippen LogP contribution is 2.36. The third-order valence-corrected chi connectivity index (χ3v) is 7.90. The Balaban J connectivity index is 1.30. The zero-order valence-electron chi connectivity index (χ0n) is 19.7. The number of nitrogens with one attached hydrogen (secondary N) is 1. The normalized spacial score (nSPS) is 18.5. The van der Waals surface area contributed by atoms with Crippen LogP contribution in [-0.4, -0.2) is 90.0 Å². The van der Waals surface area contributed by atoms with E-state index in [4.69, 9.17) is 14.7 Å². The predicted molar refractivity (Wildman–Crippen MR) is 136 cm³/mol. The summed E-state index contributed by atoms with van der Waals surface area (Å²) in [5.41, 5.74) is 2.93. The third kappa shape index (κ3) is 4.93. The number of fused-ring (bicyclic) bond motifs is 2. The van der Waals surface area contributed by atoms with Gasteiger partial charge in [-0.25, -0.2) is 9.97 Å². The molecular weight excluding hydrogens is 489 g/mol. The van der Waals surface area contributed by atoms with E-state index in [9.17, 15) is 13.2 Å². The number of rotatable bonds is 5. The summed E-state index contributed by atoms with van der Waals surface area (Å²) in [4.78, 5) is 20.4. The minimum atomic E-state index is -4.15. The van der Waals surface area contributed by atoms with Crippen LogP contribution >= 0.6 is 11.3 Å². The first kappa shape index (κ1) is 23.7. The van der Waals surface area contributed by atoms with E-state index in [2.05, 4.69) is 20.9 Å². The second-order valence-electron chi connectivity index (χ2n) is 9.31. The molecule has 0 amide bonds. The van der Waals surface area contributed by atoms with Gasteiger partial charge in [-0.3, -0.25) is 9.80 Å². The highest BCUT2D eigenvalue weighted by molar-refractivity contribution is 7.19. The fraction of sp³-hybridized carbons (Fsp3) is 0.440. The monoisotopic (exact) mass is 516 g/mol. The Labute approximate surface area is 210 Å². The predicted octanol–water partition coefficient (Wildman–Crippen LogP) is 4.36. The van der Waals surface area contributed by atoms with Gasteiger partial charge in [-0.05, 0) is 18.2 Å². The zero-order chi connectivity index (χ0) is 24.7. The molecule has 6 rings (SSSR count). The van der Waals surface area contributed by atoms with Crippen molar-refractivity contribution < 1.29 is 17.9 Å². The molecule has 11 heteroatoms. The topological polar surface area (TPSA) is 60.5 Å². The van der Waals surface area contributed by atoms with E-state index in [0.29, 0.717) is 51.8 Å². The summed E-state index contributed by atoms with van der Waals surface area (Å²) in [6.07, 6.45) is -2.22. The highest BCUT2D eigenvalue weighted by atomic mass is 32.1. The molecule has 2 aliphatic rings.